The number of amides is 1. The lowest BCUT2D eigenvalue weighted by atomic mass is 10.2. The summed E-state index contributed by atoms with van der Waals surface area (Å²) in [6, 6.07) is 8.35. The van der Waals surface area contributed by atoms with Gasteiger partial charge in [0.2, 0.25) is 6.79 Å². The molecule has 0 spiro atoms. The molecule has 2 aromatic rings. The van der Waals surface area contributed by atoms with Crippen LogP contribution in [0, 0.1) is 0 Å². The summed E-state index contributed by atoms with van der Waals surface area (Å²) in [6.07, 6.45) is 0. The predicted molar refractivity (Wildman–Crippen MR) is 99.8 cm³/mol. The molecule has 2 aliphatic heterocycles. The molecule has 1 N–H and O–H groups in total. The second-order valence-corrected chi connectivity index (χ2v) is 6.85. The number of fused-ring (bicyclic) bond motifs is 2. The minimum Gasteiger partial charge on any atom is -0.486 e. The van der Waals surface area contributed by atoms with E-state index in [0.717, 1.165) is 10.0 Å². The summed E-state index contributed by atoms with van der Waals surface area (Å²) < 4.78 is 27.4. The van der Waals surface area contributed by atoms with Crippen molar-refractivity contribution in [3.8, 4) is 23.0 Å². The zero-order valence-electron chi connectivity index (χ0n) is 14.7. The van der Waals surface area contributed by atoms with Crippen LogP contribution in [0.5, 0.6) is 23.0 Å². The Bertz CT molecular complexity index is 931. The van der Waals surface area contributed by atoms with Gasteiger partial charge in [-0.3, -0.25) is 9.59 Å². The maximum absolute atomic E-state index is 12.2. The van der Waals surface area contributed by atoms with Crippen LogP contribution in [0.3, 0.4) is 0 Å². The lowest BCUT2D eigenvalue weighted by Crippen LogP contribution is -2.30. The zero-order valence-corrected chi connectivity index (χ0v) is 16.2. The van der Waals surface area contributed by atoms with E-state index >= 15 is 0 Å². The van der Waals surface area contributed by atoms with E-state index in [1.165, 1.54) is 0 Å². The van der Waals surface area contributed by atoms with Gasteiger partial charge in [-0.2, -0.15) is 0 Å². The van der Waals surface area contributed by atoms with Gasteiger partial charge in [0.1, 0.15) is 26.4 Å². The maximum Gasteiger partial charge on any atom is 0.325 e. The first-order valence-electron chi connectivity index (χ1n) is 8.51. The van der Waals surface area contributed by atoms with E-state index < -0.39 is 11.9 Å². The normalized spacial score (nSPS) is 13.8. The van der Waals surface area contributed by atoms with E-state index in [0.29, 0.717) is 41.8 Å². The average Bonchev–Trinajstić information content (AvgIpc) is 3.18. The van der Waals surface area contributed by atoms with Crippen molar-refractivity contribution in [2.24, 2.45) is 0 Å². The van der Waals surface area contributed by atoms with Gasteiger partial charge in [-0.25, -0.2) is 0 Å². The molecular formula is C19H16BrNO7. The van der Waals surface area contributed by atoms with Crippen molar-refractivity contribution in [2.75, 3.05) is 26.6 Å². The summed E-state index contributed by atoms with van der Waals surface area (Å²) in [4.78, 5) is 24.2. The molecule has 4 rings (SSSR count). The summed E-state index contributed by atoms with van der Waals surface area (Å²) in [5, 5.41) is 2.52. The van der Waals surface area contributed by atoms with Crippen molar-refractivity contribution in [3.05, 3.63) is 45.9 Å². The highest BCUT2D eigenvalue weighted by Gasteiger charge is 2.18. The minimum atomic E-state index is -0.559. The topological polar surface area (TPSA) is 92.3 Å². The Balaban J connectivity index is 1.29. The van der Waals surface area contributed by atoms with Crippen LogP contribution in [0.15, 0.2) is 34.8 Å². The van der Waals surface area contributed by atoms with Gasteiger partial charge >= 0.3 is 5.97 Å². The largest absolute Gasteiger partial charge is 0.486 e. The molecule has 0 bridgehead atoms. The highest BCUT2D eigenvalue weighted by Crippen LogP contribution is 2.36. The van der Waals surface area contributed by atoms with E-state index in [9.17, 15) is 9.59 Å². The molecule has 2 aromatic carbocycles. The van der Waals surface area contributed by atoms with Crippen LogP contribution in [0.2, 0.25) is 0 Å². The Morgan fingerprint density at radius 3 is 2.50 bits per heavy atom. The molecule has 0 saturated heterocycles. The third-order valence-electron chi connectivity index (χ3n) is 4.13. The van der Waals surface area contributed by atoms with Crippen molar-refractivity contribution >= 4 is 27.8 Å². The standard InChI is InChI=1S/C19H16BrNO7/c20-13-7-17-16(24-3-4-25-17)6-12(13)9-26-18(22)8-21-19(23)11-1-2-14-15(5-11)28-10-27-14/h1-2,5-7H,3-4,8-10H2,(H,21,23). The van der Waals surface area contributed by atoms with Gasteiger partial charge < -0.3 is 29.0 Å². The number of ether oxygens (including phenoxy) is 5. The number of hydrogen-bond donors (Lipinski definition) is 1. The van der Waals surface area contributed by atoms with Crippen LogP contribution in [-0.4, -0.2) is 38.4 Å². The van der Waals surface area contributed by atoms with E-state index in [1.807, 2.05) is 0 Å². The Kier molecular flexibility index (Phi) is 5.25. The molecule has 0 saturated carbocycles. The van der Waals surface area contributed by atoms with Gasteiger partial charge in [-0.15, -0.1) is 0 Å². The Morgan fingerprint density at radius 2 is 1.68 bits per heavy atom. The average molecular weight is 450 g/mol. The van der Waals surface area contributed by atoms with E-state index in [2.05, 4.69) is 21.2 Å². The molecule has 0 fully saturated rings. The molecule has 2 heterocycles. The first kappa shape index (κ1) is 18.4. The van der Waals surface area contributed by atoms with Crippen LogP contribution in [0.1, 0.15) is 15.9 Å². The quantitative estimate of drug-likeness (QED) is 0.700. The Hall–Kier alpha value is -2.94. The number of carbonyl (C=O) groups excluding carboxylic acids is 2. The molecule has 9 heteroatoms. The van der Waals surface area contributed by atoms with Crippen molar-refractivity contribution in [3.63, 3.8) is 0 Å². The fourth-order valence-corrected chi connectivity index (χ4v) is 3.16. The summed E-state index contributed by atoms with van der Waals surface area (Å²) in [6.45, 7) is 0.879. The SMILES string of the molecule is O=C(CNC(=O)c1ccc2c(c1)OCO2)OCc1cc2c(cc1Br)OCCO2. The fourth-order valence-electron chi connectivity index (χ4n) is 2.72. The number of hydrogen-bond acceptors (Lipinski definition) is 7. The highest BCUT2D eigenvalue weighted by molar-refractivity contribution is 9.10. The van der Waals surface area contributed by atoms with Crippen molar-refractivity contribution in [1.82, 2.24) is 5.32 Å². The molecule has 0 aromatic heterocycles. The second-order valence-electron chi connectivity index (χ2n) is 6.00. The van der Waals surface area contributed by atoms with Gasteiger partial charge in [0.25, 0.3) is 5.91 Å². The van der Waals surface area contributed by atoms with Crippen LogP contribution in [-0.2, 0) is 16.1 Å². The summed E-state index contributed by atoms with van der Waals surface area (Å²) in [5.74, 6) is 1.37. The van der Waals surface area contributed by atoms with Crippen LogP contribution in [0.25, 0.3) is 0 Å². The molecule has 0 radical (unpaired) electrons. The zero-order chi connectivity index (χ0) is 19.5. The lowest BCUT2D eigenvalue weighted by molar-refractivity contribution is -0.143. The summed E-state index contributed by atoms with van der Waals surface area (Å²) >= 11 is 3.42. The number of benzene rings is 2. The second kappa shape index (κ2) is 7.97. The number of halogens is 1. The summed E-state index contributed by atoms with van der Waals surface area (Å²) in [5.41, 5.74) is 1.10. The molecule has 28 heavy (non-hydrogen) atoms. The van der Waals surface area contributed by atoms with E-state index in [1.54, 1.807) is 30.3 Å². The van der Waals surface area contributed by atoms with Crippen LogP contribution >= 0.6 is 15.9 Å². The van der Waals surface area contributed by atoms with Crippen molar-refractivity contribution in [1.29, 1.82) is 0 Å². The van der Waals surface area contributed by atoms with Crippen molar-refractivity contribution < 1.29 is 33.3 Å². The highest BCUT2D eigenvalue weighted by atomic mass is 79.9. The molecule has 0 atom stereocenters. The maximum atomic E-state index is 12.2. The first-order chi connectivity index (χ1) is 13.6. The third kappa shape index (κ3) is 3.99. The van der Waals surface area contributed by atoms with Gasteiger partial charge in [0.15, 0.2) is 23.0 Å². The van der Waals surface area contributed by atoms with Gasteiger partial charge in [-0.05, 0) is 30.3 Å². The molecule has 1 amide bonds. The minimum absolute atomic E-state index is 0.0376. The lowest BCUT2D eigenvalue weighted by Gasteiger charge is -2.19. The van der Waals surface area contributed by atoms with E-state index in [4.69, 9.17) is 23.7 Å². The van der Waals surface area contributed by atoms with Crippen LogP contribution < -0.4 is 24.3 Å². The Morgan fingerprint density at radius 1 is 0.964 bits per heavy atom. The van der Waals surface area contributed by atoms with Crippen LogP contribution in [0.4, 0.5) is 0 Å². The van der Waals surface area contributed by atoms with Crippen molar-refractivity contribution in [2.45, 2.75) is 6.61 Å². The van der Waals surface area contributed by atoms with Gasteiger partial charge in [0, 0.05) is 15.6 Å². The third-order valence-corrected chi connectivity index (χ3v) is 4.87. The molecule has 0 aliphatic carbocycles. The first-order valence-corrected chi connectivity index (χ1v) is 9.31. The number of rotatable bonds is 5. The van der Waals surface area contributed by atoms with Gasteiger partial charge in [-0.1, -0.05) is 15.9 Å². The van der Waals surface area contributed by atoms with Gasteiger partial charge in [0.05, 0.1) is 0 Å². The predicted octanol–water partition coefficient (Wildman–Crippen LogP) is 2.42. The monoisotopic (exact) mass is 449 g/mol. The number of carbonyl (C=O) groups is 2. The molecule has 0 unspecified atom stereocenters. The number of esters is 1. The number of nitrogens with one attached hydrogen (secondary N) is 1. The molecular weight excluding hydrogens is 434 g/mol. The summed E-state index contributed by atoms with van der Waals surface area (Å²) in [7, 11) is 0. The van der Waals surface area contributed by atoms with E-state index in [-0.39, 0.29) is 19.9 Å². The fraction of sp³-hybridized carbons (Fsp3) is 0.263. The smallest absolute Gasteiger partial charge is 0.325 e. The molecule has 146 valence electrons. The Labute approximate surface area is 168 Å². The molecule has 8 nitrogen and oxygen atoms in total. The molecule has 2 aliphatic rings.